The Hall–Kier alpha value is -2.56. The number of nitrogen functional groups attached to an aromatic ring is 1. The molecule has 0 unspecified atom stereocenters. The van der Waals surface area contributed by atoms with Gasteiger partial charge in [-0.05, 0) is 24.3 Å². The van der Waals surface area contributed by atoms with E-state index in [0.717, 1.165) is 11.1 Å². The summed E-state index contributed by atoms with van der Waals surface area (Å²) >= 11 is 0. The predicted molar refractivity (Wildman–Crippen MR) is 66.1 cm³/mol. The van der Waals surface area contributed by atoms with E-state index in [1.54, 1.807) is 24.7 Å². The molecule has 2 aromatic heterocycles. The Kier molecular flexibility index (Phi) is 1.98. The van der Waals surface area contributed by atoms with E-state index in [1.807, 2.05) is 18.2 Å². The van der Waals surface area contributed by atoms with Crippen molar-refractivity contribution in [1.82, 2.24) is 14.5 Å². The van der Waals surface area contributed by atoms with Crippen LogP contribution in [-0.2, 0) is 0 Å². The minimum Gasteiger partial charge on any atom is -0.397 e. The summed E-state index contributed by atoms with van der Waals surface area (Å²) in [6.45, 7) is 0. The van der Waals surface area contributed by atoms with E-state index < -0.39 is 0 Å². The van der Waals surface area contributed by atoms with E-state index >= 15 is 0 Å². The lowest BCUT2D eigenvalue weighted by atomic mass is 10.1. The van der Waals surface area contributed by atoms with Crippen LogP contribution in [0.1, 0.15) is 0 Å². The molecule has 0 atom stereocenters. The van der Waals surface area contributed by atoms with Crippen molar-refractivity contribution in [3.05, 3.63) is 53.3 Å². The maximum absolute atomic E-state index is 11.6. The first-order valence-corrected chi connectivity index (χ1v) is 5.17. The van der Waals surface area contributed by atoms with Gasteiger partial charge >= 0.3 is 5.69 Å². The second-order valence-electron chi connectivity index (χ2n) is 3.71. The summed E-state index contributed by atoms with van der Waals surface area (Å²) in [4.78, 5) is 18.4. The van der Waals surface area contributed by atoms with Crippen molar-refractivity contribution in [2.75, 3.05) is 5.73 Å². The van der Waals surface area contributed by atoms with E-state index in [4.69, 9.17) is 5.73 Å². The average Bonchev–Trinajstić information content (AvgIpc) is 2.77. The summed E-state index contributed by atoms with van der Waals surface area (Å²) in [7, 11) is 0. The van der Waals surface area contributed by atoms with Gasteiger partial charge in [0.2, 0.25) is 0 Å². The van der Waals surface area contributed by atoms with Gasteiger partial charge in [0, 0.05) is 24.0 Å². The molecule has 0 saturated heterocycles. The topological polar surface area (TPSA) is 76.7 Å². The summed E-state index contributed by atoms with van der Waals surface area (Å²) in [5.41, 5.74) is 7.76. The molecular weight excluding hydrogens is 216 g/mol. The molecule has 84 valence electrons. The van der Waals surface area contributed by atoms with Gasteiger partial charge in [0.15, 0.2) is 0 Å². The van der Waals surface area contributed by atoms with E-state index in [-0.39, 0.29) is 5.69 Å². The third-order valence-corrected chi connectivity index (χ3v) is 2.69. The van der Waals surface area contributed by atoms with Crippen LogP contribution in [0.3, 0.4) is 0 Å². The van der Waals surface area contributed by atoms with Crippen molar-refractivity contribution < 1.29 is 0 Å². The van der Waals surface area contributed by atoms with Crippen molar-refractivity contribution in [3.63, 3.8) is 0 Å². The van der Waals surface area contributed by atoms with Crippen molar-refractivity contribution in [3.8, 4) is 5.69 Å². The van der Waals surface area contributed by atoms with Gasteiger partial charge in [0.25, 0.3) is 0 Å². The van der Waals surface area contributed by atoms with Crippen LogP contribution in [0.2, 0.25) is 0 Å². The molecule has 5 nitrogen and oxygen atoms in total. The Morgan fingerprint density at radius 2 is 2.18 bits per heavy atom. The lowest BCUT2D eigenvalue weighted by Gasteiger charge is -2.07. The van der Waals surface area contributed by atoms with Crippen molar-refractivity contribution >= 4 is 16.6 Å². The molecule has 0 fully saturated rings. The molecule has 5 heteroatoms. The van der Waals surface area contributed by atoms with Crippen LogP contribution in [0.25, 0.3) is 16.6 Å². The van der Waals surface area contributed by atoms with Crippen LogP contribution in [0.5, 0.6) is 0 Å². The molecule has 3 rings (SSSR count). The molecule has 0 amide bonds. The molecule has 1 aromatic carbocycles. The molecule has 0 aliphatic heterocycles. The molecule has 0 radical (unpaired) electrons. The first-order chi connectivity index (χ1) is 8.27. The number of nitrogens with zero attached hydrogens (tertiary/aromatic N) is 2. The number of hydrogen-bond acceptors (Lipinski definition) is 3. The highest BCUT2D eigenvalue weighted by Gasteiger charge is 2.07. The summed E-state index contributed by atoms with van der Waals surface area (Å²) in [6, 6.07) is 7.29. The van der Waals surface area contributed by atoms with Gasteiger partial charge in [0.05, 0.1) is 16.9 Å². The third kappa shape index (κ3) is 1.40. The minimum absolute atomic E-state index is 0.181. The molecule has 3 aromatic rings. The number of imidazole rings is 1. The number of benzene rings is 1. The number of hydrogen-bond donors (Lipinski definition) is 2. The van der Waals surface area contributed by atoms with Gasteiger partial charge in [-0.1, -0.05) is 0 Å². The van der Waals surface area contributed by atoms with E-state index in [9.17, 15) is 4.79 Å². The number of fused-ring (bicyclic) bond motifs is 1. The van der Waals surface area contributed by atoms with E-state index in [1.165, 1.54) is 4.57 Å². The fourth-order valence-electron chi connectivity index (χ4n) is 1.90. The number of rotatable bonds is 1. The van der Waals surface area contributed by atoms with Crippen molar-refractivity contribution in [2.45, 2.75) is 0 Å². The predicted octanol–water partition coefficient (Wildman–Crippen LogP) is 1.30. The number of anilines is 1. The standard InChI is InChI=1S/C12H10N4O/c13-9-3-4-10(16-7-6-15-12(16)17)8-2-1-5-14-11(8)9/h1-7H,13H2,(H,15,17). The average molecular weight is 226 g/mol. The maximum Gasteiger partial charge on any atom is 0.330 e. The highest BCUT2D eigenvalue weighted by molar-refractivity contribution is 5.95. The summed E-state index contributed by atoms with van der Waals surface area (Å²) in [6.07, 6.45) is 4.96. The van der Waals surface area contributed by atoms with Crippen molar-refractivity contribution in [2.24, 2.45) is 0 Å². The second kappa shape index (κ2) is 3.48. The Morgan fingerprint density at radius 1 is 1.29 bits per heavy atom. The van der Waals surface area contributed by atoms with Crippen LogP contribution in [0.4, 0.5) is 5.69 Å². The van der Waals surface area contributed by atoms with E-state index in [2.05, 4.69) is 9.97 Å². The van der Waals surface area contributed by atoms with E-state index in [0.29, 0.717) is 11.2 Å². The fraction of sp³-hybridized carbons (Fsp3) is 0. The Morgan fingerprint density at radius 3 is 2.94 bits per heavy atom. The largest absolute Gasteiger partial charge is 0.397 e. The number of aromatic amines is 1. The number of aromatic nitrogens is 3. The normalized spacial score (nSPS) is 10.8. The summed E-state index contributed by atoms with van der Waals surface area (Å²) in [5, 5.41) is 0.856. The number of pyridine rings is 1. The highest BCUT2D eigenvalue weighted by Crippen LogP contribution is 2.24. The number of nitrogens with two attached hydrogens (primary N) is 1. The Labute approximate surface area is 96.5 Å². The molecule has 17 heavy (non-hydrogen) atoms. The van der Waals surface area contributed by atoms with Crippen LogP contribution in [-0.4, -0.2) is 14.5 Å². The number of nitrogens with one attached hydrogen (secondary N) is 1. The molecule has 2 heterocycles. The van der Waals surface area contributed by atoms with Gasteiger partial charge in [-0.15, -0.1) is 0 Å². The summed E-state index contributed by atoms with van der Waals surface area (Å²) in [5.74, 6) is 0. The quantitative estimate of drug-likeness (QED) is 0.614. The first-order valence-electron chi connectivity index (χ1n) is 5.17. The molecule has 0 saturated carbocycles. The van der Waals surface area contributed by atoms with Crippen LogP contribution in [0.15, 0.2) is 47.7 Å². The lowest BCUT2D eigenvalue weighted by molar-refractivity contribution is 0.996. The molecule has 0 bridgehead atoms. The molecule has 0 aliphatic carbocycles. The van der Waals surface area contributed by atoms with Gasteiger partial charge in [-0.25, -0.2) is 4.79 Å². The summed E-state index contributed by atoms with van der Waals surface area (Å²) < 4.78 is 1.53. The van der Waals surface area contributed by atoms with Gasteiger partial charge in [-0.3, -0.25) is 9.55 Å². The molecule has 0 spiro atoms. The zero-order chi connectivity index (χ0) is 11.8. The third-order valence-electron chi connectivity index (χ3n) is 2.69. The zero-order valence-electron chi connectivity index (χ0n) is 8.92. The SMILES string of the molecule is Nc1ccc(-n2cc[nH]c2=O)c2cccnc12. The van der Waals surface area contributed by atoms with Crippen molar-refractivity contribution in [1.29, 1.82) is 0 Å². The smallest absolute Gasteiger partial charge is 0.330 e. The highest BCUT2D eigenvalue weighted by atomic mass is 16.1. The molecular formula is C12H10N4O. The lowest BCUT2D eigenvalue weighted by Crippen LogP contribution is -2.14. The number of H-pyrrole nitrogens is 1. The zero-order valence-corrected chi connectivity index (χ0v) is 8.92. The van der Waals surface area contributed by atoms with Gasteiger partial charge < -0.3 is 10.7 Å². The fourth-order valence-corrected chi connectivity index (χ4v) is 1.90. The Balaban J connectivity index is 2.43. The second-order valence-corrected chi connectivity index (χ2v) is 3.71. The monoisotopic (exact) mass is 226 g/mol. The van der Waals surface area contributed by atoms with Gasteiger partial charge in [-0.2, -0.15) is 0 Å². The maximum atomic E-state index is 11.6. The molecule has 0 aliphatic rings. The van der Waals surface area contributed by atoms with Crippen LogP contribution < -0.4 is 11.4 Å². The first kappa shape index (κ1) is 9.65. The van der Waals surface area contributed by atoms with Crippen LogP contribution in [0, 0.1) is 0 Å². The van der Waals surface area contributed by atoms with Crippen LogP contribution >= 0.6 is 0 Å². The van der Waals surface area contributed by atoms with Gasteiger partial charge in [0.1, 0.15) is 0 Å². The Bertz CT molecular complexity index is 741. The molecule has 3 N–H and O–H groups in total. The minimum atomic E-state index is -0.181.